The number of ether oxygens (including phenoxy) is 1. The summed E-state index contributed by atoms with van der Waals surface area (Å²) in [5.41, 5.74) is 7.51. The third-order valence-corrected chi connectivity index (χ3v) is 7.15. The summed E-state index contributed by atoms with van der Waals surface area (Å²) in [6.45, 7) is 4.47. The Morgan fingerprint density at radius 3 is 2.42 bits per heavy atom. The average molecular weight is 428 g/mol. The first-order valence-electron chi connectivity index (χ1n) is 11.4. The van der Waals surface area contributed by atoms with Gasteiger partial charge in [-0.05, 0) is 60.7 Å². The molecule has 0 aliphatic rings. The smallest absolute Gasteiger partial charge is 0.224 e. The van der Waals surface area contributed by atoms with Gasteiger partial charge in [0, 0.05) is 16.8 Å². The summed E-state index contributed by atoms with van der Waals surface area (Å²) in [6, 6.07) is 27.6. The van der Waals surface area contributed by atoms with Gasteiger partial charge in [0.2, 0.25) is 5.52 Å². The van der Waals surface area contributed by atoms with Gasteiger partial charge < -0.3 is 9.14 Å². The van der Waals surface area contributed by atoms with Gasteiger partial charge in [-0.1, -0.05) is 42.5 Å². The minimum atomic E-state index is 0.844. The standard InChI is InChI=1S/C30H23N2O/c1-18-17-23-22-12-8-14-25(33-21-10-5-4-6-11-21)28(22)32-24-13-7-9-20-15-16-31(3)30(27(20)24)26(19(18)2)29(23)32/h4-17H,1-3H3/q+1. The predicted octanol–water partition coefficient (Wildman–Crippen LogP) is 7.22. The highest BCUT2D eigenvalue weighted by Crippen LogP contribution is 2.44. The summed E-state index contributed by atoms with van der Waals surface area (Å²) in [4.78, 5) is 0. The zero-order chi connectivity index (χ0) is 22.3. The lowest BCUT2D eigenvalue weighted by Gasteiger charge is -2.14. The number of pyridine rings is 2. The van der Waals surface area contributed by atoms with Crippen LogP contribution in [0.3, 0.4) is 0 Å². The van der Waals surface area contributed by atoms with Gasteiger partial charge in [-0.3, -0.25) is 0 Å². The first-order valence-corrected chi connectivity index (χ1v) is 11.4. The summed E-state index contributed by atoms with van der Waals surface area (Å²) in [5.74, 6) is 1.72. The molecule has 7 aromatic rings. The second-order valence-corrected chi connectivity index (χ2v) is 9.01. The van der Waals surface area contributed by atoms with Crippen molar-refractivity contribution < 1.29 is 9.30 Å². The molecule has 0 amide bonds. The number of nitrogens with zero attached hydrogens (tertiary/aromatic N) is 2. The monoisotopic (exact) mass is 427 g/mol. The molecule has 0 atom stereocenters. The summed E-state index contributed by atoms with van der Waals surface area (Å²) >= 11 is 0. The van der Waals surface area contributed by atoms with Crippen molar-refractivity contribution in [2.75, 3.05) is 0 Å². The molecule has 0 aliphatic heterocycles. The molecular formula is C30H23N2O+. The zero-order valence-electron chi connectivity index (χ0n) is 18.9. The Hall–Kier alpha value is -4.11. The van der Waals surface area contributed by atoms with Gasteiger partial charge in [0.1, 0.15) is 12.8 Å². The number of hydrogen-bond acceptors (Lipinski definition) is 1. The molecule has 0 spiro atoms. The van der Waals surface area contributed by atoms with Crippen molar-refractivity contribution in [3.8, 4) is 11.5 Å². The van der Waals surface area contributed by atoms with Crippen molar-refractivity contribution >= 4 is 49.0 Å². The van der Waals surface area contributed by atoms with Crippen LogP contribution in [0.4, 0.5) is 0 Å². The van der Waals surface area contributed by atoms with E-state index in [1.54, 1.807) is 0 Å². The van der Waals surface area contributed by atoms with E-state index in [1.165, 1.54) is 54.6 Å². The van der Waals surface area contributed by atoms with Crippen molar-refractivity contribution in [1.82, 2.24) is 4.40 Å². The third kappa shape index (κ3) is 2.37. The van der Waals surface area contributed by atoms with Crippen LogP contribution in [0, 0.1) is 13.8 Å². The van der Waals surface area contributed by atoms with E-state index in [-0.39, 0.29) is 0 Å². The Labute approximate surface area is 191 Å². The van der Waals surface area contributed by atoms with Gasteiger partial charge in [0.05, 0.1) is 27.3 Å². The average Bonchev–Trinajstić information content (AvgIpc) is 3.16. The van der Waals surface area contributed by atoms with E-state index in [4.69, 9.17) is 4.74 Å². The van der Waals surface area contributed by atoms with Crippen LogP contribution in [0.25, 0.3) is 49.0 Å². The molecule has 3 nitrogen and oxygen atoms in total. The van der Waals surface area contributed by atoms with Crippen LogP contribution in [0.5, 0.6) is 11.5 Å². The van der Waals surface area contributed by atoms with Crippen LogP contribution in [0.15, 0.2) is 85.1 Å². The van der Waals surface area contributed by atoms with Crippen LogP contribution >= 0.6 is 0 Å². The summed E-state index contributed by atoms with van der Waals surface area (Å²) in [7, 11) is 2.15. The van der Waals surface area contributed by atoms with E-state index >= 15 is 0 Å². The molecule has 33 heavy (non-hydrogen) atoms. The largest absolute Gasteiger partial charge is 0.455 e. The summed E-state index contributed by atoms with van der Waals surface area (Å²) in [6.07, 6.45) is 2.18. The molecule has 0 fully saturated rings. The lowest BCUT2D eigenvalue weighted by molar-refractivity contribution is -0.643. The molecule has 3 heterocycles. The maximum atomic E-state index is 6.47. The van der Waals surface area contributed by atoms with Gasteiger partial charge in [-0.15, -0.1) is 0 Å². The maximum Gasteiger partial charge on any atom is 0.224 e. The van der Waals surface area contributed by atoms with Crippen molar-refractivity contribution in [1.29, 1.82) is 0 Å². The van der Waals surface area contributed by atoms with Crippen LogP contribution in [-0.2, 0) is 7.05 Å². The second kappa shape index (κ2) is 6.46. The number of rotatable bonds is 2. The molecular weight excluding hydrogens is 404 g/mol. The van der Waals surface area contributed by atoms with Crippen LogP contribution in [0.2, 0.25) is 0 Å². The molecule has 0 N–H and O–H groups in total. The van der Waals surface area contributed by atoms with E-state index in [0.29, 0.717) is 0 Å². The van der Waals surface area contributed by atoms with Crippen LogP contribution < -0.4 is 9.30 Å². The van der Waals surface area contributed by atoms with Crippen molar-refractivity contribution in [3.05, 3.63) is 96.2 Å². The Morgan fingerprint density at radius 2 is 1.58 bits per heavy atom. The van der Waals surface area contributed by atoms with E-state index < -0.39 is 0 Å². The van der Waals surface area contributed by atoms with Gasteiger partial charge in [0.25, 0.3) is 0 Å². The van der Waals surface area contributed by atoms with Crippen LogP contribution in [0.1, 0.15) is 11.1 Å². The fourth-order valence-corrected chi connectivity index (χ4v) is 5.54. The van der Waals surface area contributed by atoms with Crippen molar-refractivity contribution in [2.45, 2.75) is 13.8 Å². The van der Waals surface area contributed by atoms with E-state index in [2.05, 4.69) is 84.6 Å². The fraction of sp³-hybridized carbons (Fsp3) is 0.100. The van der Waals surface area contributed by atoms with Crippen LogP contribution in [-0.4, -0.2) is 4.40 Å². The molecule has 0 aliphatic carbocycles. The number of aromatic nitrogens is 2. The van der Waals surface area contributed by atoms with Gasteiger partial charge in [-0.25, -0.2) is 4.57 Å². The summed E-state index contributed by atoms with van der Waals surface area (Å²) in [5, 5.41) is 6.35. The molecule has 0 bridgehead atoms. The number of aryl methyl sites for hydroxylation is 3. The maximum absolute atomic E-state index is 6.47. The Bertz CT molecular complexity index is 1860. The quantitative estimate of drug-likeness (QED) is 0.162. The van der Waals surface area contributed by atoms with Crippen molar-refractivity contribution in [3.63, 3.8) is 0 Å². The van der Waals surface area contributed by atoms with Gasteiger partial charge >= 0.3 is 0 Å². The normalized spacial score (nSPS) is 12.1. The predicted molar refractivity (Wildman–Crippen MR) is 136 cm³/mol. The van der Waals surface area contributed by atoms with Gasteiger partial charge in [-0.2, -0.15) is 0 Å². The number of hydrogen-bond donors (Lipinski definition) is 0. The summed E-state index contributed by atoms with van der Waals surface area (Å²) < 4.78 is 11.2. The molecule has 3 aromatic heterocycles. The number of para-hydroxylation sites is 2. The number of benzene rings is 4. The third-order valence-electron chi connectivity index (χ3n) is 7.15. The molecule has 0 saturated carbocycles. The Kier molecular flexibility index (Phi) is 3.61. The Morgan fingerprint density at radius 1 is 0.758 bits per heavy atom. The van der Waals surface area contributed by atoms with E-state index in [1.807, 2.05) is 30.3 Å². The van der Waals surface area contributed by atoms with Crippen molar-refractivity contribution in [2.24, 2.45) is 7.05 Å². The highest BCUT2D eigenvalue weighted by Gasteiger charge is 2.25. The molecule has 7 rings (SSSR count). The second-order valence-electron chi connectivity index (χ2n) is 9.01. The first kappa shape index (κ1) is 18.5. The minimum absolute atomic E-state index is 0.844. The van der Waals surface area contributed by atoms with E-state index in [0.717, 1.165) is 17.0 Å². The lowest BCUT2D eigenvalue weighted by Crippen LogP contribution is -2.29. The first-order chi connectivity index (χ1) is 16.1. The molecule has 4 aromatic carbocycles. The lowest BCUT2D eigenvalue weighted by atomic mass is 9.97. The highest BCUT2D eigenvalue weighted by molar-refractivity contribution is 6.26. The zero-order valence-corrected chi connectivity index (χ0v) is 18.9. The molecule has 0 radical (unpaired) electrons. The SMILES string of the molecule is Cc1cc2c3cccc(Oc4ccccc4)c3n3c4cccc5cc[n+](C)c(c(c1C)c23)c54. The molecule has 0 saturated heterocycles. The Balaban J connectivity index is 1.80. The highest BCUT2D eigenvalue weighted by atomic mass is 16.5. The number of fused-ring (bicyclic) bond motifs is 5. The molecule has 0 unspecified atom stereocenters. The van der Waals surface area contributed by atoms with Gasteiger partial charge in [0.15, 0.2) is 11.9 Å². The topological polar surface area (TPSA) is 17.5 Å². The minimum Gasteiger partial charge on any atom is -0.455 e. The molecule has 158 valence electrons. The molecule has 3 heteroatoms. The fourth-order valence-electron chi connectivity index (χ4n) is 5.54. The van der Waals surface area contributed by atoms with E-state index in [9.17, 15) is 0 Å².